The van der Waals surface area contributed by atoms with Gasteiger partial charge in [-0.25, -0.2) is 4.98 Å². The van der Waals surface area contributed by atoms with E-state index in [9.17, 15) is 0 Å². The lowest BCUT2D eigenvalue weighted by Crippen LogP contribution is -2.55. The molecule has 1 aromatic rings. The second-order valence-electron chi connectivity index (χ2n) is 3.92. The van der Waals surface area contributed by atoms with Gasteiger partial charge in [-0.2, -0.15) is 0 Å². The van der Waals surface area contributed by atoms with E-state index in [1.165, 1.54) is 4.88 Å². The van der Waals surface area contributed by atoms with Gasteiger partial charge in [0.25, 0.3) is 0 Å². The first-order chi connectivity index (χ1) is 7.69. The first kappa shape index (κ1) is 11.3. The third-order valence-corrected chi connectivity index (χ3v) is 3.34. The van der Waals surface area contributed by atoms with E-state index in [2.05, 4.69) is 32.1 Å². The quantitative estimate of drug-likeness (QED) is 0.824. The largest absolute Gasteiger partial charge is 0.343 e. The molecule has 0 unspecified atom stereocenters. The van der Waals surface area contributed by atoms with Crippen LogP contribution in [0.4, 0.5) is 0 Å². The van der Waals surface area contributed by atoms with Crippen LogP contribution in [0.2, 0.25) is 0 Å². The van der Waals surface area contributed by atoms with Gasteiger partial charge < -0.3 is 10.2 Å². The number of aryl methyl sites for hydroxylation is 1. The van der Waals surface area contributed by atoms with Crippen molar-refractivity contribution < 1.29 is 0 Å². The van der Waals surface area contributed by atoms with Crippen molar-refractivity contribution in [1.29, 1.82) is 0 Å². The summed E-state index contributed by atoms with van der Waals surface area (Å²) in [6.07, 6.45) is 1.95. The second-order valence-corrected chi connectivity index (χ2v) is 5.24. The fraction of sp³-hybridized carbons (Fsp3) is 0.600. The first-order valence-corrected chi connectivity index (χ1v) is 6.06. The molecular weight excluding hydrogens is 222 g/mol. The van der Waals surface area contributed by atoms with E-state index in [0.29, 0.717) is 0 Å². The van der Waals surface area contributed by atoms with Gasteiger partial charge in [0.2, 0.25) is 0 Å². The monoisotopic (exact) mass is 239 g/mol. The minimum atomic E-state index is 0.852. The Labute approximate surface area is 99.8 Å². The van der Waals surface area contributed by atoms with Gasteiger partial charge in [0, 0.05) is 18.1 Å². The summed E-state index contributed by atoms with van der Waals surface area (Å²) in [5.41, 5.74) is 0. The van der Waals surface area contributed by atoms with E-state index < -0.39 is 0 Å². The number of rotatable bonds is 2. The average molecular weight is 239 g/mol. The van der Waals surface area contributed by atoms with Crippen molar-refractivity contribution in [3.8, 4) is 0 Å². The van der Waals surface area contributed by atoms with Crippen molar-refractivity contribution in [1.82, 2.24) is 20.1 Å². The predicted molar refractivity (Wildman–Crippen MR) is 66.4 cm³/mol. The third kappa shape index (κ3) is 2.51. The molecule has 0 bridgehead atoms. The van der Waals surface area contributed by atoms with Gasteiger partial charge >= 0.3 is 0 Å². The molecule has 0 aromatic carbocycles. The lowest BCUT2D eigenvalue weighted by molar-refractivity contribution is 0.177. The lowest BCUT2D eigenvalue weighted by Gasteiger charge is -2.36. The number of nitrogens with one attached hydrogen (secondary N) is 1. The maximum atomic E-state index is 4.27. The van der Waals surface area contributed by atoms with Crippen LogP contribution < -0.4 is 5.32 Å². The standard InChI is InChI=1S/C10H17N5S/c1-8-12-4-9(16-8)5-15-7-14(3)6-13-10(15)11-2/h4H,5-7H2,1-3H3,(H,11,13). The minimum Gasteiger partial charge on any atom is -0.343 e. The Balaban J connectivity index is 2.06. The van der Waals surface area contributed by atoms with Crippen LogP contribution in [-0.2, 0) is 6.54 Å². The Morgan fingerprint density at radius 2 is 2.44 bits per heavy atom. The van der Waals surface area contributed by atoms with Crippen LogP contribution in [0.1, 0.15) is 9.88 Å². The van der Waals surface area contributed by atoms with Crippen LogP contribution in [0.25, 0.3) is 0 Å². The molecule has 0 amide bonds. The summed E-state index contributed by atoms with van der Waals surface area (Å²) >= 11 is 1.74. The number of nitrogens with zero attached hydrogens (tertiary/aromatic N) is 4. The summed E-state index contributed by atoms with van der Waals surface area (Å²) in [7, 11) is 3.91. The SMILES string of the molecule is CN=C1NCN(C)CN1Cc1cnc(C)s1. The van der Waals surface area contributed by atoms with Crippen molar-refractivity contribution >= 4 is 17.3 Å². The second kappa shape index (κ2) is 4.80. The Bertz CT molecular complexity index is 386. The van der Waals surface area contributed by atoms with Gasteiger partial charge in [-0.1, -0.05) is 0 Å². The van der Waals surface area contributed by atoms with E-state index in [1.54, 1.807) is 11.3 Å². The maximum Gasteiger partial charge on any atom is 0.196 e. The van der Waals surface area contributed by atoms with E-state index in [4.69, 9.17) is 0 Å². The number of aliphatic imine (C=N–C) groups is 1. The zero-order chi connectivity index (χ0) is 11.5. The van der Waals surface area contributed by atoms with Crippen LogP contribution in [0.3, 0.4) is 0 Å². The molecule has 1 aliphatic rings. The van der Waals surface area contributed by atoms with Gasteiger partial charge in [0.15, 0.2) is 5.96 Å². The molecule has 2 heterocycles. The molecule has 0 radical (unpaired) electrons. The first-order valence-electron chi connectivity index (χ1n) is 5.24. The summed E-state index contributed by atoms with van der Waals surface area (Å²) in [5.74, 6) is 0.962. The molecule has 5 nitrogen and oxygen atoms in total. The minimum absolute atomic E-state index is 0.852. The molecule has 16 heavy (non-hydrogen) atoms. The Morgan fingerprint density at radius 3 is 3.06 bits per heavy atom. The molecule has 1 saturated heterocycles. The number of hydrogen-bond donors (Lipinski definition) is 1. The summed E-state index contributed by atoms with van der Waals surface area (Å²) in [6.45, 7) is 4.65. The summed E-state index contributed by atoms with van der Waals surface area (Å²) in [4.78, 5) is 14.2. The van der Waals surface area contributed by atoms with Crippen LogP contribution in [0, 0.1) is 6.92 Å². The van der Waals surface area contributed by atoms with E-state index in [1.807, 2.05) is 20.2 Å². The third-order valence-electron chi connectivity index (χ3n) is 2.45. The molecule has 88 valence electrons. The topological polar surface area (TPSA) is 43.8 Å². The van der Waals surface area contributed by atoms with Crippen molar-refractivity contribution in [3.63, 3.8) is 0 Å². The lowest BCUT2D eigenvalue weighted by atomic mass is 10.4. The van der Waals surface area contributed by atoms with Gasteiger partial charge in [-0.05, 0) is 14.0 Å². The number of guanidine groups is 1. The van der Waals surface area contributed by atoms with Gasteiger partial charge in [0.1, 0.15) is 0 Å². The van der Waals surface area contributed by atoms with Crippen LogP contribution in [-0.4, -0.2) is 48.2 Å². The van der Waals surface area contributed by atoms with Crippen LogP contribution in [0.15, 0.2) is 11.2 Å². The number of hydrogen-bond acceptors (Lipinski definition) is 4. The molecule has 0 atom stereocenters. The molecule has 0 saturated carbocycles. The Kier molecular flexibility index (Phi) is 3.40. The van der Waals surface area contributed by atoms with E-state index in [0.717, 1.165) is 30.8 Å². The number of aromatic nitrogens is 1. The molecule has 0 spiro atoms. The average Bonchev–Trinajstić information content (AvgIpc) is 2.64. The van der Waals surface area contributed by atoms with E-state index >= 15 is 0 Å². The fourth-order valence-electron chi connectivity index (χ4n) is 1.74. The predicted octanol–water partition coefficient (Wildman–Crippen LogP) is 0.689. The summed E-state index contributed by atoms with van der Waals surface area (Å²) in [6, 6.07) is 0. The maximum absolute atomic E-state index is 4.27. The zero-order valence-electron chi connectivity index (χ0n) is 9.90. The molecule has 2 rings (SSSR count). The fourth-order valence-corrected chi connectivity index (χ4v) is 2.55. The molecule has 0 aliphatic carbocycles. The highest BCUT2D eigenvalue weighted by molar-refractivity contribution is 7.11. The van der Waals surface area contributed by atoms with Crippen molar-refractivity contribution in [2.75, 3.05) is 27.4 Å². The summed E-state index contributed by atoms with van der Waals surface area (Å²) < 4.78 is 0. The smallest absolute Gasteiger partial charge is 0.196 e. The van der Waals surface area contributed by atoms with Gasteiger partial charge in [0.05, 0.1) is 24.9 Å². The van der Waals surface area contributed by atoms with Crippen molar-refractivity contribution in [3.05, 3.63) is 16.1 Å². The van der Waals surface area contributed by atoms with Crippen molar-refractivity contribution in [2.24, 2.45) is 4.99 Å². The zero-order valence-corrected chi connectivity index (χ0v) is 10.7. The molecule has 1 aliphatic heterocycles. The molecule has 1 aromatic heterocycles. The molecule has 1 fully saturated rings. The number of thiazole rings is 1. The van der Waals surface area contributed by atoms with Crippen LogP contribution in [0.5, 0.6) is 0 Å². The highest BCUT2D eigenvalue weighted by atomic mass is 32.1. The summed E-state index contributed by atoms with van der Waals surface area (Å²) in [5, 5.41) is 4.40. The van der Waals surface area contributed by atoms with Crippen molar-refractivity contribution in [2.45, 2.75) is 13.5 Å². The Hall–Kier alpha value is -1.14. The highest BCUT2D eigenvalue weighted by Gasteiger charge is 2.19. The molecule has 1 N–H and O–H groups in total. The van der Waals surface area contributed by atoms with Gasteiger partial charge in [-0.3, -0.25) is 9.89 Å². The normalized spacial score (nSPS) is 20.2. The highest BCUT2D eigenvalue weighted by Crippen LogP contribution is 2.15. The molecule has 6 heteroatoms. The van der Waals surface area contributed by atoms with Gasteiger partial charge in [-0.15, -0.1) is 11.3 Å². The van der Waals surface area contributed by atoms with Crippen LogP contribution >= 0.6 is 11.3 Å². The Morgan fingerprint density at radius 1 is 1.62 bits per heavy atom. The molecular formula is C10H17N5S. The van der Waals surface area contributed by atoms with E-state index in [-0.39, 0.29) is 0 Å².